The number of halogens is 1. The van der Waals surface area contributed by atoms with Crippen molar-refractivity contribution in [3.8, 4) is 0 Å². The number of carbonyl (C=O) groups excluding carboxylic acids is 1. The molecule has 1 aliphatic rings. The van der Waals surface area contributed by atoms with Gasteiger partial charge in [0.1, 0.15) is 17.4 Å². The van der Waals surface area contributed by atoms with E-state index >= 15 is 0 Å². The zero-order valence-electron chi connectivity index (χ0n) is 11.0. The highest BCUT2D eigenvalue weighted by Crippen LogP contribution is 2.36. The maximum absolute atomic E-state index is 14.3. The second kappa shape index (κ2) is 5.14. The summed E-state index contributed by atoms with van der Waals surface area (Å²) in [4.78, 5) is 13.5. The van der Waals surface area contributed by atoms with E-state index in [9.17, 15) is 9.18 Å². The van der Waals surface area contributed by atoms with Crippen molar-refractivity contribution in [1.29, 1.82) is 0 Å². The number of thiocarbonyl (C=S) groups is 1. The van der Waals surface area contributed by atoms with E-state index in [-0.39, 0.29) is 17.4 Å². The van der Waals surface area contributed by atoms with E-state index in [0.29, 0.717) is 16.9 Å². The Labute approximate surface area is 126 Å². The number of amides is 1. The van der Waals surface area contributed by atoms with Crippen LogP contribution in [0, 0.1) is 5.82 Å². The van der Waals surface area contributed by atoms with Gasteiger partial charge in [0.25, 0.3) is 0 Å². The van der Waals surface area contributed by atoms with E-state index in [0.717, 1.165) is 5.69 Å². The maximum Gasteiger partial charge on any atom is 0.244 e. The SMILES string of the molecule is NC(=S)c1ccc(N2CC(=O)Nc3ccccc32)c(F)c1. The van der Waals surface area contributed by atoms with Crippen molar-refractivity contribution in [1.82, 2.24) is 0 Å². The largest absolute Gasteiger partial charge is 0.389 e. The number of anilines is 3. The third-order valence-electron chi connectivity index (χ3n) is 3.29. The van der Waals surface area contributed by atoms with Crippen LogP contribution in [0.3, 0.4) is 0 Å². The molecule has 0 saturated heterocycles. The number of benzene rings is 2. The van der Waals surface area contributed by atoms with Gasteiger partial charge in [0.2, 0.25) is 5.91 Å². The highest BCUT2D eigenvalue weighted by molar-refractivity contribution is 7.80. The number of carbonyl (C=O) groups is 1. The molecule has 0 fully saturated rings. The van der Waals surface area contributed by atoms with Crippen LogP contribution in [-0.2, 0) is 4.79 Å². The molecule has 1 heterocycles. The van der Waals surface area contributed by atoms with Crippen LogP contribution >= 0.6 is 12.2 Å². The fourth-order valence-electron chi connectivity index (χ4n) is 2.33. The number of nitrogens with one attached hydrogen (secondary N) is 1. The summed E-state index contributed by atoms with van der Waals surface area (Å²) in [5.41, 5.74) is 7.68. The quantitative estimate of drug-likeness (QED) is 0.837. The Morgan fingerprint density at radius 2 is 2.00 bits per heavy atom. The normalized spacial score (nSPS) is 13.6. The second-order valence-corrected chi connectivity index (χ2v) is 5.12. The number of rotatable bonds is 2. The molecule has 21 heavy (non-hydrogen) atoms. The number of hydrogen-bond donors (Lipinski definition) is 2. The highest BCUT2D eigenvalue weighted by atomic mass is 32.1. The summed E-state index contributed by atoms with van der Waals surface area (Å²) < 4.78 is 14.3. The number of nitrogens with zero attached hydrogens (tertiary/aromatic N) is 1. The van der Waals surface area contributed by atoms with Gasteiger partial charge in [-0.3, -0.25) is 4.79 Å². The van der Waals surface area contributed by atoms with Gasteiger partial charge in [-0.05, 0) is 30.3 Å². The van der Waals surface area contributed by atoms with E-state index in [1.54, 1.807) is 23.1 Å². The van der Waals surface area contributed by atoms with Crippen molar-refractivity contribution < 1.29 is 9.18 Å². The van der Waals surface area contributed by atoms with Gasteiger partial charge in [-0.1, -0.05) is 24.4 Å². The maximum atomic E-state index is 14.3. The number of hydrogen-bond acceptors (Lipinski definition) is 3. The topological polar surface area (TPSA) is 58.4 Å². The fraction of sp³-hybridized carbons (Fsp3) is 0.0667. The van der Waals surface area contributed by atoms with Gasteiger partial charge in [0, 0.05) is 5.56 Å². The minimum absolute atomic E-state index is 0.0559. The Morgan fingerprint density at radius 3 is 2.71 bits per heavy atom. The molecule has 0 aliphatic carbocycles. The molecule has 2 aromatic carbocycles. The molecule has 3 rings (SSSR count). The van der Waals surface area contributed by atoms with Crippen LogP contribution in [0.25, 0.3) is 0 Å². The first-order valence-electron chi connectivity index (χ1n) is 6.32. The fourth-order valence-corrected chi connectivity index (χ4v) is 2.45. The summed E-state index contributed by atoms with van der Waals surface area (Å²) in [6.45, 7) is 0.0559. The van der Waals surface area contributed by atoms with Crippen molar-refractivity contribution in [2.75, 3.05) is 16.8 Å². The Morgan fingerprint density at radius 1 is 1.24 bits per heavy atom. The van der Waals surface area contributed by atoms with Crippen LogP contribution in [0.2, 0.25) is 0 Å². The molecule has 1 amide bonds. The van der Waals surface area contributed by atoms with E-state index in [4.69, 9.17) is 18.0 Å². The molecule has 1 aliphatic heterocycles. The summed E-state index contributed by atoms with van der Waals surface area (Å²) in [6, 6.07) is 11.8. The zero-order valence-corrected chi connectivity index (χ0v) is 11.8. The molecule has 0 bridgehead atoms. The third-order valence-corrected chi connectivity index (χ3v) is 3.53. The molecule has 2 aromatic rings. The summed E-state index contributed by atoms with van der Waals surface area (Å²) in [6.07, 6.45) is 0. The molecule has 0 spiro atoms. The summed E-state index contributed by atoms with van der Waals surface area (Å²) in [5, 5.41) is 2.76. The van der Waals surface area contributed by atoms with Crippen molar-refractivity contribution in [3.05, 3.63) is 53.8 Å². The molecule has 6 heteroatoms. The number of para-hydroxylation sites is 2. The van der Waals surface area contributed by atoms with E-state index in [1.165, 1.54) is 6.07 Å². The first-order chi connectivity index (χ1) is 10.1. The molecule has 0 saturated carbocycles. The third kappa shape index (κ3) is 2.45. The first kappa shape index (κ1) is 13.5. The average Bonchev–Trinajstić information content (AvgIpc) is 2.46. The van der Waals surface area contributed by atoms with Gasteiger partial charge in [0.15, 0.2) is 0 Å². The molecule has 0 unspecified atom stereocenters. The van der Waals surface area contributed by atoms with Gasteiger partial charge in [0.05, 0.1) is 17.1 Å². The van der Waals surface area contributed by atoms with Gasteiger partial charge in [-0.25, -0.2) is 4.39 Å². The zero-order chi connectivity index (χ0) is 15.0. The molecule has 0 radical (unpaired) electrons. The first-order valence-corrected chi connectivity index (χ1v) is 6.73. The Balaban J connectivity index is 2.09. The van der Waals surface area contributed by atoms with E-state index < -0.39 is 5.82 Å². The minimum Gasteiger partial charge on any atom is -0.389 e. The molecule has 0 aromatic heterocycles. The van der Waals surface area contributed by atoms with Crippen molar-refractivity contribution in [2.45, 2.75) is 0 Å². The molecule has 0 atom stereocenters. The lowest BCUT2D eigenvalue weighted by Gasteiger charge is -2.31. The van der Waals surface area contributed by atoms with Gasteiger partial charge in [-0.15, -0.1) is 0 Å². The number of nitrogens with two attached hydrogens (primary N) is 1. The lowest BCUT2D eigenvalue weighted by atomic mass is 10.1. The molecule has 3 N–H and O–H groups in total. The minimum atomic E-state index is -0.468. The average molecular weight is 301 g/mol. The van der Waals surface area contributed by atoms with Crippen LogP contribution < -0.4 is 16.0 Å². The Kier molecular flexibility index (Phi) is 3.31. The summed E-state index contributed by atoms with van der Waals surface area (Å²) in [7, 11) is 0. The summed E-state index contributed by atoms with van der Waals surface area (Å²) in [5.74, 6) is -0.656. The predicted molar refractivity (Wildman–Crippen MR) is 84.4 cm³/mol. The second-order valence-electron chi connectivity index (χ2n) is 4.68. The van der Waals surface area contributed by atoms with Crippen molar-refractivity contribution in [2.24, 2.45) is 5.73 Å². The van der Waals surface area contributed by atoms with Gasteiger partial charge in [-0.2, -0.15) is 0 Å². The van der Waals surface area contributed by atoms with Crippen LogP contribution in [0.5, 0.6) is 0 Å². The Bertz CT molecular complexity index is 747. The van der Waals surface area contributed by atoms with Crippen molar-refractivity contribution in [3.63, 3.8) is 0 Å². The van der Waals surface area contributed by atoms with Crippen LogP contribution in [-0.4, -0.2) is 17.4 Å². The van der Waals surface area contributed by atoms with Gasteiger partial charge >= 0.3 is 0 Å². The lowest BCUT2D eigenvalue weighted by molar-refractivity contribution is -0.115. The standard InChI is InChI=1S/C15H12FN3OS/c16-10-7-9(15(17)21)5-6-12(10)19-8-14(20)18-11-3-1-2-4-13(11)19/h1-7H,8H2,(H2,17,21)(H,18,20). The molecule has 4 nitrogen and oxygen atoms in total. The van der Waals surface area contributed by atoms with E-state index in [2.05, 4.69) is 5.32 Å². The smallest absolute Gasteiger partial charge is 0.244 e. The monoisotopic (exact) mass is 301 g/mol. The summed E-state index contributed by atoms with van der Waals surface area (Å²) >= 11 is 4.84. The lowest BCUT2D eigenvalue weighted by Crippen LogP contribution is -2.35. The van der Waals surface area contributed by atoms with E-state index in [1.807, 2.05) is 18.2 Å². The van der Waals surface area contributed by atoms with Crippen LogP contribution in [0.1, 0.15) is 5.56 Å². The van der Waals surface area contributed by atoms with Gasteiger partial charge < -0.3 is 16.0 Å². The molecular formula is C15H12FN3OS. The predicted octanol–water partition coefficient (Wildman–Crippen LogP) is 2.55. The van der Waals surface area contributed by atoms with Crippen molar-refractivity contribution >= 4 is 40.2 Å². The highest BCUT2D eigenvalue weighted by Gasteiger charge is 2.24. The Hall–Kier alpha value is -2.47. The number of fused-ring (bicyclic) bond motifs is 1. The van der Waals surface area contributed by atoms with Crippen LogP contribution in [0.15, 0.2) is 42.5 Å². The molecular weight excluding hydrogens is 289 g/mol. The van der Waals surface area contributed by atoms with Crippen LogP contribution in [0.4, 0.5) is 21.5 Å². The molecule has 106 valence electrons.